The molecule has 0 radical (unpaired) electrons. The van der Waals surface area contributed by atoms with Crippen LogP contribution in [-0.2, 0) is 19.6 Å². The van der Waals surface area contributed by atoms with Crippen LogP contribution in [0.25, 0.3) is 0 Å². The molecule has 0 saturated carbocycles. The highest BCUT2D eigenvalue weighted by Crippen LogP contribution is 2.43. The van der Waals surface area contributed by atoms with E-state index >= 15 is 0 Å². The number of aliphatic imine (C=N–C) groups is 1. The third-order valence-electron chi connectivity index (χ3n) is 6.24. The number of sulfonamides is 1. The molecule has 1 aliphatic rings. The lowest BCUT2D eigenvalue weighted by Gasteiger charge is -2.21. The van der Waals surface area contributed by atoms with Gasteiger partial charge >= 0.3 is 0 Å². The van der Waals surface area contributed by atoms with Gasteiger partial charge in [-0.1, -0.05) is 30.3 Å². The molecule has 0 fully saturated rings. The molecule has 0 aliphatic carbocycles. The van der Waals surface area contributed by atoms with Gasteiger partial charge in [0.1, 0.15) is 12.5 Å². The summed E-state index contributed by atoms with van der Waals surface area (Å²) in [4.78, 5) is 30.2. The molecule has 0 bridgehead atoms. The van der Waals surface area contributed by atoms with Crippen molar-refractivity contribution < 1.29 is 27.5 Å². The zero-order chi connectivity index (χ0) is 28.9. The smallest absolute Gasteiger partial charge is 0.240 e. The van der Waals surface area contributed by atoms with Gasteiger partial charge in [-0.05, 0) is 55.3 Å². The molecule has 3 aromatic rings. The molecule has 3 aromatic carbocycles. The molecule has 1 heterocycles. The van der Waals surface area contributed by atoms with Crippen LogP contribution in [0.4, 0.5) is 17.1 Å². The Hall–Kier alpha value is -4.38. The minimum Gasteiger partial charge on any atom is -0.490 e. The van der Waals surface area contributed by atoms with E-state index in [1.165, 1.54) is 7.05 Å². The van der Waals surface area contributed by atoms with Gasteiger partial charge in [0.2, 0.25) is 21.8 Å². The molecule has 210 valence electrons. The number of likely N-dealkylation sites (N-methyl/N-ethyl adjacent to an activating group) is 1. The largest absolute Gasteiger partial charge is 0.490 e. The molecule has 40 heavy (non-hydrogen) atoms. The Morgan fingerprint density at radius 2 is 1.62 bits per heavy atom. The number of nitrogens with one attached hydrogen (secondary N) is 2. The topological polar surface area (TPSA) is 126 Å². The van der Waals surface area contributed by atoms with Crippen LogP contribution in [-0.4, -0.2) is 59.0 Å². The summed E-state index contributed by atoms with van der Waals surface area (Å²) in [5.74, 6) is -0.320. The van der Waals surface area contributed by atoms with Gasteiger partial charge in [0.15, 0.2) is 11.5 Å². The highest BCUT2D eigenvalue weighted by atomic mass is 32.2. The lowest BCUT2D eigenvalue weighted by atomic mass is 9.90. The molecule has 1 aliphatic heterocycles. The Kier molecular flexibility index (Phi) is 8.73. The number of anilines is 2. The number of nitrogens with zero attached hydrogens (tertiary/aromatic N) is 2. The molecule has 1 unspecified atom stereocenters. The van der Waals surface area contributed by atoms with Crippen LogP contribution in [0.15, 0.2) is 71.7 Å². The van der Waals surface area contributed by atoms with Crippen molar-refractivity contribution in [1.29, 1.82) is 0 Å². The number of hydrogen-bond acceptors (Lipinski definition) is 7. The van der Waals surface area contributed by atoms with E-state index in [4.69, 9.17) is 14.5 Å². The van der Waals surface area contributed by atoms with Crippen molar-refractivity contribution in [2.24, 2.45) is 4.99 Å². The minimum absolute atomic E-state index is 0.237. The van der Waals surface area contributed by atoms with Crippen molar-refractivity contribution in [3.8, 4) is 11.5 Å². The average Bonchev–Trinajstić information content (AvgIpc) is 3.25. The summed E-state index contributed by atoms with van der Waals surface area (Å²) >= 11 is 0. The molecule has 4 rings (SSSR count). The summed E-state index contributed by atoms with van der Waals surface area (Å²) < 4.78 is 37.3. The summed E-state index contributed by atoms with van der Waals surface area (Å²) in [5.41, 5.74) is 3.43. The first-order valence-electron chi connectivity index (χ1n) is 12.8. The van der Waals surface area contributed by atoms with E-state index in [1.54, 1.807) is 30.3 Å². The summed E-state index contributed by atoms with van der Waals surface area (Å²) in [6, 6.07) is 19.4. The van der Waals surface area contributed by atoms with Gasteiger partial charge in [0.25, 0.3) is 0 Å². The normalized spacial score (nSPS) is 14.8. The van der Waals surface area contributed by atoms with Crippen molar-refractivity contribution >= 4 is 44.6 Å². The summed E-state index contributed by atoms with van der Waals surface area (Å²) in [6.07, 6.45) is 1.04. The van der Waals surface area contributed by atoms with Crippen LogP contribution in [0.1, 0.15) is 30.9 Å². The number of carbonyl (C=O) groups is 2. The van der Waals surface area contributed by atoms with Crippen LogP contribution in [0.3, 0.4) is 0 Å². The van der Waals surface area contributed by atoms with Crippen LogP contribution in [0.5, 0.6) is 11.5 Å². The monoisotopic (exact) mass is 564 g/mol. The lowest BCUT2D eigenvalue weighted by Crippen LogP contribution is -2.39. The quantitative estimate of drug-likeness (QED) is 0.341. The number of ether oxygens (including phenoxy) is 2. The Bertz CT molecular complexity index is 1520. The number of amides is 2. The van der Waals surface area contributed by atoms with E-state index in [1.807, 2.05) is 50.2 Å². The van der Waals surface area contributed by atoms with Crippen LogP contribution >= 0.6 is 0 Å². The summed E-state index contributed by atoms with van der Waals surface area (Å²) in [6.45, 7) is 4.29. The van der Waals surface area contributed by atoms with Gasteiger partial charge in [-0.2, -0.15) is 0 Å². The van der Waals surface area contributed by atoms with Gasteiger partial charge in [-0.15, -0.1) is 0 Å². The summed E-state index contributed by atoms with van der Waals surface area (Å²) in [7, 11) is -2.27. The first-order chi connectivity index (χ1) is 19.2. The predicted molar refractivity (Wildman–Crippen MR) is 155 cm³/mol. The fourth-order valence-electron chi connectivity index (χ4n) is 4.42. The van der Waals surface area contributed by atoms with E-state index in [0.29, 0.717) is 53.1 Å². The molecular formula is C29H32N4O6S. The third kappa shape index (κ3) is 6.26. The minimum atomic E-state index is -3.71. The first kappa shape index (κ1) is 28.6. The molecule has 10 nitrogen and oxygen atoms in total. The van der Waals surface area contributed by atoms with Crippen LogP contribution < -0.4 is 24.4 Å². The Balaban J connectivity index is 1.79. The SMILES string of the molecule is CCOc1cc2c(cc1OCC)C(C(=Nc1ccc(N(CC(=O)NC)S(C)(=O)=O)cc1)c1ccccc1)C(=O)N2. The second-order valence-corrected chi connectivity index (χ2v) is 10.9. The van der Waals surface area contributed by atoms with Gasteiger partial charge in [0, 0.05) is 18.8 Å². The Morgan fingerprint density at radius 3 is 2.20 bits per heavy atom. The number of carbonyl (C=O) groups excluding carboxylic acids is 2. The molecule has 0 aromatic heterocycles. The van der Waals surface area contributed by atoms with E-state index in [9.17, 15) is 18.0 Å². The predicted octanol–water partition coefficient (Wildman–Crippen LogP) is 3.85. The highest BCUT2D eigenvalue weighted by molar-refractivity contribution is 7.92. The maximum Gasteiger partial charge on any atom is 0.240 e. The van der Waals surface area contributed by atoms with Gasteiger partial charge in [-0.3, -0.25) is 18.9 Å². The van der Waals surface area contributed by atoms with Crippen LogP contribution in [0, 0.1) is 0 Å². The Labute approximate surface area is 234 Å². The van der Waals surface area contributed by atoms with Crippen molar-refractivity contribution in [3.05, 3.63) is 77.9 Å². The highest BCUT2D eigenvalue weighted by Gasteiger charge is 2.37. The van der Waals surface area contributed by atoms with E-state index in [-0.39, 0.29) is 12.5 Å². The van der Waals surface area contributed by atoms with Crippen LogP contribution in [0.2, 0.25) is 0 Å². The molecule has 0 saturated heterocycles. The number of hydrogen-bond donors (Lipinski definition) is 2. The molecule has 0 spiro atoms. The number of rotatable bonds is 11. The maximum absolute atomic E-state index is 13.4. The Morgan fingerprint density at radius 1 is 1.00 bits per heavy atom. The van der Waals surface area contributed by atoms with Gasteiger partial charge in [0.05, 0.1) is 36.6 Å². The third-order valence-corrected chi connectivity index (χ3v) is 7.38. The van der Waals surface area contributed by atoms with Gasteiger partial charge in [-0.25, -0.2) is 8.42 Å². The standard InChI is InChI=1S/C29H32N4O6S/c1-5-38-24-16-22-23(17-25(24)39-6-2)32-29(35)27(22)28(19-10-8-7-9-11-19)31-20-12-14-21(15-13-20)33(40(4,36)37)18-26(34)30-3/h7-17,27H,5-6,18H2,1-4H3,(H,30,34)(H,32,35). The second kappa shape index (κ2) is 12.2. The molecule has 2 N–H and O–H groups in total. The molecule has 11 heteroatoms. The van der Waals surface area contributed by atoms with Crippen molar-refractivity contribution in [2.75, 3.05) is 42.7 Å². The zero-order valence-electron chi connectivity index (χ0n) is 22.8. The molecular weight excluding hydrogens is 532 g/mol. The van der Waals surface area contributed by atoms with Crippen molar-refractivity contribution in [2.45, 2.75) is 19.8 Å². The zero-order valence-corrected chi connectivity index (χ0v) is 23.6. The van der Waals surface area contributed by atoms with E-state index in [2.05, 4.69) is 10.6 Å². The summed E-state index contributed by atoms with van der Waals surface area (Å²) in [5, 5.41) is 5.39. The maximum atomic E-state index is 13.4. The lowest BCUT2D eigenvalue weighted by molar-refractivity contribution is -0.119. The first-order valence-corrected chi connectivity index (χ1v) is 14.7. The van der Waals surface area contributed by atoms with Crippen molar-refractivity contribution in [3.63, 3.8) is 0 Å². The molecule has 1 atom stereocenters. The second-order valence-electron chi connectivity index (χ2n) is 9.00. The fourth-order valence-corrected chi connectivity index (χ4v) is 5.28. The number of fused-ring (bicyclic) bond motifs is 1. The fraction of sp³-hybridized carbons (Fsp3) is 0.276. The van der Waals surface area contributed by atoms with E-state index in [0.717, 1.165) is 16.1 Å². The van der Waals surface area contributed by atoms with Crippen molar-refractivity contribution in [1.82, 2.24) is 5.32 Å². The number of benzene rings is 3. The van der Waals surface area contributed by atoms with E-state index < -0.39 is 21.8 Å². The average molecular weight is 565 g/mol. The van der Waals surface area contributed by atoms with Gasteiger partial charge < -0.3 is 20.1 Å². The molecule has 2 amide bonds.